The van der Waals surface area contributed by atoms with E-state index in [1.54, 1.807) is 12.3 Å². The fourth-order valence-corrected chi connectivity index (χ4v) is 0.632. The molecule has 0 saturated heterocycles. The van der Waals surface area contributed by atoms with Crippen molar-refractivity contribution >= 4 is 0 Å². The molecule has 0 aliphatic heterocycles. The zero-order chi connectivity index (χ0) is 8.81. The molecule has 0 saturated carbocycles. The number of allylic oxidation sites excluding steroid dienone is 2. The molecule has 1 heterocycles. The molecule has 1 heteroatoms. The van der Waals surface area contributed by atoms with Crippen LogP contribution in [0, 0.1) is 11.8 Å². The van der Waals surface area contributed by atoms with Gasteiger partial charge >= 0.3 is 0 Å². The van der Waals surface area contributed by atoms with Crippen molar-refractivity contribution in [3.63, 3.8) is 0 Å². The quantitative estimate of drug-likeness (QED) is 0.447. The maximum atomic E-state index is 4.04. The molecule has 0 amide bonds. The zero-order valence-electron chi connectivity index (χ0n) is 6.75. The van der Waals surface area contributed by atoms with Gasteiger partial charge in [0.1, 0.15) is 5.69 Å². The molecule has 0 spiro atoms. The summed E-state index contributed by atoms with van der Waals surface area (Å²) in [7, 11) is 0. The lowest BCUT2D eigenvalue weighted by Gasteiger charge is -1.85. The van der Waals surface area contributed by atoms with Crippen molar-refractivity contribution in [2.45, 2.75) is 0 Å². The molecule has 0 bridgehead atoms. The monoisotopic (exact) mass is 155 g/mol. The number of nitrogens with zero attached hydrogens (tertiary/aromatic N) is 1. The highest BCUT2D eigenvalue weighted by molar-refractivity contribution is 5.40. The van der Waals surface area contributed by atoms with E-state index < -0.39 is 0 Å². The van der Waals surface area contributed by atoms with Crippen LogP contribution in [0.5, 0.6) is 0 Å². The maximum Gasteiger partial charge on any atom is 0.113 e. The Labute approximate surface area is 72.5 Å². The van der Waals surface area contributed by atoms with Gasteiger partial charge in [-0.05, 0) is 18.1 Å². The summed E-state index contributed by atoms with van der Waals surface area (Å²) in [6.07, 6.45) is 3.33. The molecule has 0 atom stereocenters. The fraction of sp³-hybridized carbons (Fsp3) is 0. The van der Waals surface area contributed by atoms with Gasteiger partial charge in [-0.15, -0.1) is 0 Å². The lowest BCUT2D eigenvalue weighted by Crippen LogP contribution is -1.78. The molecule has 0 unspecified atom stereocenters. The van der Waals surface area contributed by atoms with Gasteiger partial charge in [-0.1, -0.05) is 31.2 Å². The van der Waals surface area contributed by atoms with Gasteiger partial charge in [0, 0.05) is 11.8 Å². The molecule has 58 valence electrons. The average molecular weight is 155 g/mol. The van der Waals surface area contributed by atoms with E-state index in [4.69, 9.17) is 0 Å². The molecule has 1 aromatic rings. The standard InChI is InChI=1S/C11H9N/c1-3-10(2)7-8-11-6-4-5-9-12-11/h3-6,9H,1-2H2. The summed E-state index contributed by atoms with van der Waals surface area (Å²) in [5.41, 5.74) is 1.46. The first-order valence-electron chi connectivity index (χ1n) is 3.57. The summed E-state index contributed by atoms with van der Waals surface area (Å²) in [4.78, 5) is 4.04. The Kier molecular flexibility index (Phi) is 2.87. The second-order valence-corrected chi connectivity index (χ2v) is 2.19. The largest absolute Gasteiger partial charge is 0.248 e. The number of hydrogen-bond acceptors (Lipinski definition) is 1. The van der Waals surface area contributed by atoms with Crippen LogP contribution < -0.4 is 0 Å². The normalized spacial score (nSPS) is 8.00. The summed E-state index contributed by atoms with van der Waals surface area (Å²) in [6, 6.07) is 5.60. The SMILES string of the molecule is C=CC(=C)C#Cc1ccccn1. The van der Waals surface area contributed by atoms with Gasteiger partial charge in [-0.25, -0.2) is 4.98 Å². The molecule has 0 aliphatic rings. The molecule has 1 nitrogen and oxygen atoms in total. The molecule has 12 heavy (non-hydrogen) atoms. The van der Waals surface area contributed by atoms with Crippen LogP contribution in [-0.4, -0.2) is 4.98 Å². The zero-order valence-corrected chi connectivity index (χ0v) is 6.75. The fourth-order valence-electron chi connectivity index (χ4n) is 0.632. The van der Waals surface area contributed by atoms with Crippen molar-refractivity contribution in [3.8, 4) is 11.8 Å². The number of rotatable bonds is 1. The first kappa shape index (κ1) is 8.29. The molecule has 0 fully saturated rings. The summed E-state index contributed by atoms with van der Waals surface area (Å²) in [5, 5.41) is 0. The van der Waals surface area contributed by atoms with Gasteiger partial charge in [-0.2, -0.15) is 0 Å². The van der Waals surface area contributed by atoms with E-state index in [2.05, 4.69) is 30.0 Å². The minimum atomic E-state index is 0.709. The number of pyridine rings is 1. The third kappa shape index (κ3) is 2.43. The smallest absolute Gasteiger partial charge is 0.113 e. The molecule has 0 aromatic carbocycles. The van der Waals surface area contributed by atoms with Crippen LogP contribution in [0.2, 0.25) is 0 Å². The third-order valence-corrected chi connectivity index (χ3v) is 1.26. The van der Waals surface area contributed by atoms with Gasteiger partial charge in [0.05, 0.1) is 0 Å². The summed E-state index contributed by atoms with van der Waals surface area (Å²) in [5.74, 6) is 5.69. The second kappa shape index (κ2) is 4.15. The number of aromatic nitrogens is 1. The Morgan fingerprint density at radius 3 is 2.92 bits per heavy atom. The van der Waals surface area contributed by atoms with Gasteiger partial charge in [0.2, 0.25) is 0 Å². The first-order chi connectivity index (χ1) is 5.83. The van der Waals surface area contributed by atoms with Crippen molar-refractivity contribution in [2.24, 2.45) is 0 Å². The molecular weight excluding hydrogens is 146 g/mol. The van der Waals surface area contributed by atoms with Crippen molar-refractivity contribution in [1.82, 2.24) is 4.98 Å². The lowest BCUT2D eigenvalue weighted by molar-refractivity contribution is 1.29. The van der Waals surface area contributed by atoms with Gasteiger partial charge in [0.25, 0.3) is 0 Å². The Morgan fingerprint density at radius 1 is 1.50 bits per heavy atom. The summed E-state index contributed by atoms with van der Waals surface area (Å²) in [6.45, 7) is 7.22. The maximum absolute atomic E-state index is 4.04. The highest BCUT2D eigenvalue weighted by Gasteiger charge is 1.82. The Hall–Kier alpha value is -1.81. The lowest BCUT2D eigenvalue weighted by atomic mass is 10.3. The Bertz CT molecular complexity index is 338. The van der Waals surface area contributed by atoms with Gasteiger partial charge in [-0.3, -0.25) is 0 Å². The van der Waals surface area contributed by atoms with Crippen LogP contribution in [-0.2, 0) is 0 Å². The minimum Gasteiger partial charge on any atom is -0.248 e. The van der Waals surface area contributed by atoms with Crippen molar-refractivity contribution in [3.05, 3.63) is 54.9 Å². The predicted octanol–water partition coefficient (Wildman–Crippen LogP) is 2.18. The van der Waals surface area contributed by atoms with Crippen LogP contribution in [0.25, 0.3) is 0 Å². The minimum absolute atomic E-state index is 0.709. The molecule has 0 aliphatic carbocycles. The Morgan fingerprint density at radius 2 is 2.33 bits per heavy atom. The van der Waals surface area contributed by atoms with E-state index in [-0.39, 0.29) is 0 Å². The molecule has 1 rings (SSSR count). The molecule has 0 radical (unpaired) electrons. The predicted molar refractivity (Wildman–Crippen MR) is 50.5 cm³/mol. The van der Waals surface area contributed by atoms with Gasteiger partial charge in [0.15, 0.2) is 0 Å². The van der Waals surface area contributed by atoms with E-state index in [0.717, 1.165) is 5.69 Å². The van der Waals surface area contributed by atoms with E-state index in [1.807, 2.05) is 18.2 Å². The number of hydrogen-bond donors (Lipinski definition) is 0. The molecule has 1 aromatic heterocycles. The second-order valence-electron chi connectivity index (χ2n) is 2.19. The summed E-state index contributed by atoms with van der Waals surface area (Å²) < 4.78 is 0. The van der Waals surface area contributed by atoms with Crippen LogP contribution >= 0.6 is 0 Å². The van der Waals surface area contributed by atoms with Crippen LogP contribution in [0.15, 0.2) is 49.2 Å². The topological polar surface area (TPSA) is 12.9 Å². The van der Waals surface area contributed by atoms with Crippen molar-refractivity contribution in [2.75, 3.05) is 0 Å². The third-order valence-electron chi connectivity index (χ3n) is 1.26. The van der Waals surface area contributed by atoms with Crippen LogP contribution in [0.1, 0.15) is 5.69 Å². The average Bonchev–Trinajstić information content (AvgIpc) is 2.16. The van der Waals surface area contributed by atoms with E-state index in [1.165, 1.54) is 0 Å². The van der Waals surface area contributed by atoms with Crippen molar-refractivity contribution in [1.29, 1.82) is 0 Å². The van der Waals surface area contributed by atoms with Crippen LogP contribution in [0.4, 0.5) is 0 Å². The highest BCUT2D eigenvalue weighted by atomic mass is 14.6. The Balaban J connectivity index is 2.80. The van der Waals surface area contributed by atoms with Gasteiger partial charge < -0.3 is 0 Å². The molecular formula is C11H9N. The highest BCUT2D eigenvalue weighted by Crippen LogP contribution is 1.91. The van der Waals surface area contributed by atoms with E-state index >= 15 is 0 Å². The first-order valence-corrected chi connectivity index (χ1v) is 3.57. The molecule has 0 N–H and O–H groups in total. The van der Waals surface area contributed by atoms with E-state index in [9.17, 15) is 0 Å². The van der Waals surface area contributed by atoms with Crippen molar-refractivity contribution < 1.29 is 0 Å². The summed E-state index contributed by atoms with van der Waals surface area (Å²) >= 11 is 0. The van der Waals surface area contributed by atoms with Crippen LogP contribution in [0.3, 0.4) is 0 Å². The van der Waals surface area contributed by atoms with E-state index in [0.29, 0.717) is 5.57 Å².